The number of hydrogen-bond acceptors (Lipinski definition) is 0. The molecule has 0 aliphatic heterocycles. The minimum atomic E-state index is -0.0863. The van der Waals surface area contributed by atoms with E-state index in [1.54, 1.807) is 0 Å². The number of fused-ring (bicyclic) bond motifs is 1. The van der Waals surface area contributed by atoms with Crippen LogP contribution < -0.4 is 21.2 Å². The van der Waals surface area contributed by atoms with Gasteiger partial charge in [-0.1, -0.05) is 42.5 Å². The van der Waals surface area contributed by atoms with Crippen molar-refractivity contribution in [3.63, 3.8) is 0 Å². The molecule has 0 nitrogen and oxygen atoms in total. The second-order valence-electron chi connectivity index (χ2n) is 4.30. The van der Waals surface area contributed by atoms with Crippen LogP contribution in [0.15, 0.2) is 66.7 Å². The van der Waals surface area contributed by atoms with Crippen molar-refractivity contribution in [2.24, 2.45) is 0 Å². The lowest BCUT2D eigenvalue weighted by Gasteiger charge is -2.00. The van der Waals surface area contributed by atoms with Gasteiger partial charge < -0.3 is 0 Å². The number of benzene rings is 3. The quantitative estimate of drug-likeness (QED) is 0.614. The summed E-state index contributed by atoms with van der Waals surface area (Å²) < 4.78 is 2.99. The highest BCUT2D eigenvalue weighted by molar-refractivity contribution is 5.84. The van der Waals surface area contributed by atoms with Crippen molar-refractivity contribution in [3.05, 3.63) is 79.4 Å². The van der Waals surface area contributed by atoms with Gasteiger partial charge in [0, 0.05) is 5.39 Å². The Morgan fingerprint density at radius 3 is 2.11 bits per heavy atom. The summed E-state index contributed by atoms with van der Waals surface area (Å²) in [5, 5.41) is 2.82. The van der Waals surface area contributed by atoms with Gasteiger partial charge in [-0.15, -0.1) is 0 Å². The van der Waals surface area contributed by atoms with Gasteiger partial charge in [-0.2, -0.15) is 0 Å². The summed E-state index contributed by atoms with van der Waals surface area (Å²) in [7, 11) is 0. The summed E-state index contributed by atoms with van der Waals surface area (Å²) >= 11 is -0.0863. The molecule has 0 spiro atoms. The van der Waals surface area contributed by atoms with Gasteiger partial charge in [0.05, 0.1) is 0 Å². The van der Waals surface area contributed by atoms with E-state index >= 15 is 0 Å². The van der Waals surface area contributed by atoms with Crippen LogP contribution in [-0.2, 0) is 0 Å². The van der Waals surface area contributed by atoms with E-state index in [-0.39, 0.29) is 21.2 Å². The molecule has 0 heterocycles. The predicted octanol–water partition coefficient (Wildman–Crippen LogP) is 1.28. The Bertz CT molecular complexity index is 672. The van der Waals surface area contributed by atoms with Crippen LogP contribution in [0.5, 0.6) is 0 Å². The smallest absolute Gasteiger partial charge is 0.0619 e. The molecule has 0 aliphatic rings. The lowest BCUT2D eigenvalue weighted by molar-refractivity contribution is -0.595. The largest absolute Gasteiger partial charge is 0.358 e. The minimum absolute atomic E-state index is 0.0863. The molecule has 18 heavy (non-hydrogen) atoms. The van der Waals surface area contributed by atoms with Crippen LogP contribution in [0.1, 0.15) is 5.56 Å². The van der Waals surface area contributed by atoms with Gasteiger partial charge in [0.1, 0.15) is 0 Å². The number of rotatable bonds is 2. The van der Waals surface area contributed by atoms with Gasteiger partial charge in [-0.25, -0.2) is 0 Å². The number of hydrogen-bond donors (Lipinski definition) is 0. The molecule has 3 aromatic carbocycles. The van der Waals surface area contributed by atoms with Crippen LogP contribution in [0.2, 0.25) is 0 Å². The van der Waals surface area contributed by atoms with Crippen molar-refractivity contribution in [2.75, 3.05) is 0 Å². The maximum Gasteiger partial charge on any atom is 0.358 e. The van der Waals surface area contributed by atoms with Crippen molar-refractivity contribution >= 4 is 10.8 Å². The first kappa shape index (κ1) is 11.7. The Morgan fingerprint density at radius 2 is 1.33 bits per heavy atom. The summed E-state index contributed by atoms with van der Waals surface area (Å²) in [6.07, 6.45) is 0. The zero-order valence-electron chi connectivity index (χ0n) is 10.2. The SMILES string of the molecule is Cc1ccc([I+]c2ccccc2)c2ccccc12. The van der Waals surface area contributed by atoms with E-state index in [0.29, 0.717) is 0 Å². The normalized spacial score (nSPS) is 10.7. The third kappa shape index (κ3) is 2.27. The molecule has 0 saturated carbocycles. The fourth-order valence-electron chi connectivity index (χ4n) is 2.09. The van der Waals surface area contributed by atoms with Crippen molar-refractivity contribution in [3.8, 4) is 0 Å². The van der Waals surface area contributed by atoms with E-state index in [0.717, 1.165) is 0 Å². The standard InChI is InChI=1S/C17H14I/c1-13-11-12-17(16-10-6-5-9-15(13)16)18-14-7-3-2-4-8-14/h2-12H,1H3/q+1. The monoisotopic (exact) mass is 345 g/mol. The second-order valence-corrected chi connectivity index (χ2v) is 7.25. The summed E-state index contributed by atoms with van der Waals surface area (Å²) in [5.41, 5.74) is 1.37. The van der Waals surface area contributed by atoms with E-state index in [1.165, 1.54) is 23.5 Å². The Labute approximate surface area is 118 Å². The molecular formula is C17H14I+. The fourth-order valence-corrected chi connectivity index (χ4v) is 4.66. The molecule has 0 bridgehead atoms. The maximum absolute atomic E-state index is 2.30. The van der Waals surface area contributed by atoms with Crippen molar-refractivity contribution < 1.29 is 21.2 Å². The molecule has 0 unspecified atom stereocenters. The lowest BCUT2D eigenvalue weighted by atomic mass is 10.1. The summed E-state index contributed by atoms with van der Waals surface area (Å²) in [6, 6.07) is 24.1. The highest BCUT2D eigenvalue weighted by atomic mass is 127. The molecule has 0 aliphatic carbocycles. The van der Waals surface area contributed by atoms with Crippen LogP contribution in [0.4, 0.5) is 0 Å². The number of aryl methyl sites for hydroxylation is 1. The van der Waals surface area contributed by atoms with Crippen LogP contribution >= 0.6 is 0 Å². The topological polar surface area (TPSA) is 0 Å². The average Bonchev–Trinajstić information content (AvgIpc) is 2.44. The van der Waals surface area contributed by atoms with Gasteiger partial charge in [-0.3, -0.25) is 0 Å². The Morgan fingerprint density at radius 1 is 0.667 bits per heavy atom. The molecule has 0 saturated heterocycles. The third-order valence-electron chi connectivity index (χ3n) is 3.03. The lowest BCUT2D eigenvalue weighted by Crippen LogP contribution is -3.61. The average molecular weight is 345 g/mol. The molecule has 0 atom stereocenters. The highest BCUT2D eigenvalue weighted by Crippen LogP contribution is 2.17. The first-order valence-electron chi connectivity index (χ1n) is 6.03. The predicted molar refractivity (Wildman–Crippen MR) is 72.5 cm³/mol. The van der Waals surface area contributed by atoms with E-state index in [4.69, 9.17) is 0 Å². The molecule has 0 amide bonds. The second kappa shape index (κ2) is 5.11. The Balaban J connectivity index is 2.10. The highest BCUT2D eigenvalue weighted by Gasteiger charge is 2.18. The molecule has 0 N–H and O–H groups in total. The summed E-state index contributed by atoms with van der Waals surface area (Å²) in [5.74, 6) is 0. The zero-order valence-corrected chi connectivity index (χ0v) is 12.4. The molecule has 1 heteroatoms. The molecule has 88 valence electrons. The van der Waals surface area contributed by atoms with E-state index in [1.807, 2.05) is 0 Å². The molecular weight excluding hydrogens is 331 g/mol. The molecule has 3 aromatic rings. The molecule has 0 fully saturated rings. The van der Waals surface area contributed by atoms with E-state index in [9.17, 15) is 0 Å². The first-order chi connectivity index (χ1) is 8.84. The van der Waals surface area contributed by atoms with E-state index < -0.39 is 0 Å². The summed E-state index contributed by atoms with van der Waals surface area (Å²) in [4.78, 5) is 0. The molecule has 0 aromatic heterocycles. The van der Waals surface area contributed by atoms with Crippen molar-refractivity contribution in [1.82, 2.24) is 0 Å². The van der Waals surface area contributed by atoms with Gasteiger partial charge in [0.2, 0.25) is 3.57 Å². The Kier molecular flexibility index (Phi) is 3.33. The summed E-state index contributed by atoms with van der Waals surface area (Å²) in [6.45, 7) is 2.19. The van der Waals surface area contributed by atoms with Gasteiger partial charge >= 0.3 is 21.2 Å². The Hall–Kier alpha value is -1.35. The fraction of sp³-hybridized carbons (Fsp3) is 0.0588. The third-order valence-corrected chi connectivity index (χ3v) is 5.90. The molecule has 0 radical (unpaired) electrons. The minimum Gasteiger partial charge on any atom is -0.0619 e. The van der Waals surface area contributed by atoms with Gasteiger partial charge in [0.15, 0.2) is 3.57 Å². The zero-order chi connectivity index (χ0) is 12.4. The molecule has 3 rings (SSSR count). The maximum atomic E-state index is 2.30. The van der Waals surface area contributed by atoms with Crippen molar-refractivity contribution in [1.29, 1.82) is 0 Å². The van der Waals surface area contributed by atoms with Crippen LogP contribution in [0.3, 0.4) is 0 Å². The first-order valence-corrected chi connectivity index (χ1v) is 8.18. The van der Waals surface area contributed by atoms with E-state index in [2.05, 4.69) is 73.7 Å². The van der Waals surface area contributed by atoms with Gasteiger partial charge in [0.25, 0.3) is 0 Å². The van der Waals surface area contributed by atoms with Crippen LogP contribution in [0.25, 0.3) is 10.8 Å². The van der Waals surface area contributed by atoms with Crippen LogP contribution in [0, 0.1) is 14.1 Å². The van der Waals surface area contributed by atoms with Crippen molar-refractivity contribution in [2.45, 2.75) is 6.92 Å². The van der Waals surface area contributed by atoms with Gasteiger partial charge in [-0.05, 0) is 42.1 Å². The number of halogens is 1. The van der Waals surface area contributed by atoms with Crippen LogP contribution in [-0.4, -0.2) is 0 Å².